The van der Waals surface area contributed by atoms with Crippen molar-refractivity contribution in [3.8, 4) is 17.2 Å². The van der Waals surface area contributed by atoms with Crippen LogP contribution in [0.1, 0.15) is 28.6 Å². The third-order valence-electron chi connectivity index (χ3n) is 4.68. The maximum Gasteiger partial charge on any atom is 0.268 e. The first-order chi connectivity index (χ1) is 16.0. The highest BCUT2D eigenvalue weighted by molar-refractivity contribution is 6.05. The zero-order valence-corrected chi connectivity index (χ0v) is 18.7. The van der Waals surface area contributed by atoms with Gasteiger partial charge in [-0.15, -0.1) is 0 Å². The molecule has 0 bridgehead atoms. The van der Waals surface area contributed by atoms with E-state index in [2.05, 4.69) is 10.6 Å². The van der Waals surface area contributed by atoms with Crippen LogP contribution in [0, 0.1) is 0 Å². The molecule has 0 saturated heterocycles. The molecule has 0 spiro atoms. The summed E-state index contributed by atoms with van der Waals surface area (Å²) >= 11 is 0. The van der Waals surface area contributed by atoms with Gasteiger partial charge in [-0.05, 0) is 43.3 Å². The Labute approximate surface area is 192 Å². The fraction of sp³-hybridized carbons (Fsp3) is 0.200. The van der Waals surface area contributed by atoms with Crippen molar-refractivity contribution in [2.24, 2.45) is 0 Å². The van der Waals surface area contributed by atoms with E-state index in [1.165, 1.54) is 32.6 Å². The smallest absolute Gasteiger partial charge is 0.268 e. The largest absolute Gasteiger partial charge is 0.494 e. The van der Waals surface area contributed by atoms with E-state index in [1.807, 2.05) is 31.2 Å². The monoisotopic (exact) mass is 450 g/mol. The van der Waals surface area contributed by atoms with Gasteiger partial charge in [-0.25, -0.2) is 0 Å². The first-order valence-corrected chi connectivity index (χ1v) is 10.3. The average molecular weight is 450 g/mol. The van der Waals surface area contributed by atoms with E-state index in [0.29, 0.717) is 35.2 Å². The maximum absolute atomic E-state index is 13.0. The Morgan fingerprint density at radius 2 is 1.76 bits per heavy atom. The third kappa shape index (κ3) is 6.16. The van der Waals surface area contributed by atoms with E-state index >= 15 is 0 Å². The molecule has 0 radical (unpaired) electrons. The van der Waals surface area contributed by atoms with Crippen LogP contribution in [0.4, 0.5) is 0 Å². The third-order valence-corrected chi connectivity index (χ3v) is 4.68. The standard InChI is InChI=1S/C25H26N2O6/c1-4-32-21-10-6-5-8-18(21)16-26-25(29)20(15-19-9-7-13-33-19)27-24(28)17-11-12-22(30-2)23(14-17)31-3/h5-15H,4,16H2,1-3H3,(H,26,29)(H,27,28)/b20-15-. The van der Waals surface area contributed by atoms with Gasteiger partial charge in [0.1, 0.15) is 17.2 Å². The summed E-state index contributed by atoms with van der Waals surface area (Å²) < 4.78 is 21.4. The summed E-state index contributed by atoms with van der Waals surface area (Å²) in [5.41, 5.74) is 1.14. The minimum absolute atomic E-state index is 0.0265. The number of amides is 2. The van der Waals surface area contributed by atoms with E-state index < -0.39 is 11.8 Å². The lowest BCUT2D eigenvalue weighted by molar-refractivity contribution is -0.117. The van der Waals surface area contributed by atoms with Crippen LogP contribution in [-0.2, 0) is 11.3 Å². The molecule has 0 aliphatic heterocycles. The average Bonchev–Trinajstić information content (AvgIpc) is 3.35. The number of carbonyl (C=O) groups excluding carboxylic acids is 2. The van der Waals surface area contributed by atoms with Crippen molar-refractivity contribution in [1.82, 2.24) is 10.6 Å². The number of nitrogens with one attached hydrogen (secondary N) is 2. The van der Waals surface area contributed by atoms with Crippen molar-refractivity contribution in [3.63, 3.8) is 0 Å². The molecule has 1 aromatic heterocycles. The summed E-state index contributed by atoms with van der Waals surface area (Å²) in [5.74, 6) is 1.03. The van der Waals surface area contributed by atoms with Gasteiger partial charge in [0.25, 0.3) is 11.8 Å². The minimum atomic E-state index is -0.487. The Hall–Kier alpha value is -4.20. The Bertz CT molecular complexity index is 1120. The van der Waals surface area contributed by atoms with Gasteiger partial charge in [0.2, 0.25) is 0 Å². The summed E-state index contributed by atoms with van der Waals surface area (Å²) in [4.78, 5) is 25.9. The molecule has 0 aliphatic carbocycles. The van der Waals surface area contributed by atoms with Crippen LogP contribution < -0.4 is 24.8 Å². The summed E-state index contributed by atoms with van der Waals surface area (Å²) in [6, 6.07) is 15.5. The molecule has 8 nitrogen and oxygen atoms in total. The minimum Gasteiger partial charge on any atom is -0.494 e. The second-order valence-corrected chi connectivity index (χ2v) is 6.82. The van der Waals surface area contributed by atoms with Crippen molar-refractivity contribution >= 4 is 17.9 Å². The Balaban J connectivity index is 1.79. The summed E-state index contributed by atoms with van der Waals surface area (Å²) in [7, 11) is 2.99. The van der Waals surface area contributed by atoms with Crippen LogP contribution in [0.5, 0.6) is 17.2 Å². The van der Waals surface area contributed by atoms with Crippen LogP contribution in [0.3, 0.4) is 0 Å². The second kappa shape index (κ2) is 11.4. The molecule has 0 saturated carbocycles. The zero-order chi connectivity index (χ0) is 23.6. The molecule has 0 fully saturated rings. The lowest BCUT2D eigenvalue weighted by atomic mass is 10.1. The van der Waals surface area contributed by atoms with E-state index in [-0.39, 0.29) is 12.2 Å². The van der Waals surface area contributed by atoms with E-state index in [0.717, 1.165) is 5.56 Å². The lowest BCUT2D eigenvalue weighted by Crippen LogP contribution is -2.34. The van der Waals surface area contributed by atoms with Gasteiger partial charge in [-0.1, -0.05) is 18.2 Å². The SMILES string of the molecule is CCOc1ccccc1CNC(=O)/C(=C/c1ccco1)NC(=O)c1ccc(OC)c(OC)c1. The summed E-state index contributed by atoms with van der Waals surface area (Å²) in [6.07, 6.45) is 2.94. The molecule has 3 rings (SSSR count). The molecule has 172 valence electrons. The first kappa shape index (κ1) is 23.5. The van der Waals surface area contributed by atoms with Crippen molar-refractivity contribution in [2.75, 3.05) is 20.8 Å². The molecule has 0 aliphatic rings. The van der Waals surface area contributed by atoms with Crippen LogP contribution in [0.2, 0.25) is 0 Å². The highest BCUT2D eigenvalue weighted by atomic mass is 16.5. The van der Waals surface area contributed by atoms with Crippen LogP contribution >= 0.6 is 0 Å². The van der Waals surface area contributed by atoms with Gasteiger partial charge in [0.05, 0.1) is 27.1 Å². The van der Waals surface area contributed by atoms with Crippen LogP contribution in [0.25, 0.3) is 6.08 Å². The number of rotatable bonds is 10. The van der Waals surface area contributed by atoms with Gasteiger partial charge in [0.15, 0.2) is 11.5 Å². The molecule has 2 amide bonds. The Morgan fingerprint density at radius 1 is 0.970 bits per heavy atom. The van der Waals surface area contributed by atoms with E-state index in [9.17, 15) is 9.59 Å². The quantitative estimate of drug-likeness (QED) is 0.456. The van der Waals surface area contributed by atoms with Crippen LogP contribution in [0.15, 0.2) is 71.0 Å². The maximum atomic E-state index is 13.0. The lowest BCUT2D eigenvalue weighted by Gasteiger charge is -2.14. The van der Waals surface area contributed by atoms with Gasteiger partial charge >= 0.3 is 0 Å². The molecular formula is C25H26N2O6. The van der Waals surface area contributed by atoms with Crippen molar-refractivity contribution < 1.29 is 28.2 Å². The predicted molar refractivity (Wildman–Crippen MR) is 123 cm³/mol. The normalized spacial score (nSPS) is 10.9. The fourth-order valence-electron chi connectivity index (χ4n) is 3.06. The second-order valence-electron chi connectivity index (χ2n) is 6.82. The molecule has 2 N–H and O–H groups in total. The summed E-state index contributed by atoms with van der Waals surface area (Å²) in [6.45, 7) is 2.62. The predicted octanol–water partition coefficient (Wildman–Crippen LogP) is 3.78. The number of furan rings is 1. The van der Waals surface area contributed by atoms with Gasteiger partial charge in [-0.2, -0.15) is 0 Å². The molecule has 33 heavy (non-hydrogen) atoms. The molecule has 0 atom stereocenters. The van der Waals surface area contributed by atoms with Crippen LogP contribution in [-0.4, -0.2) is 32.6 Å². The number of methoxy groups -OCH3 is 2. The molecular weight excluding hydrogens is 424 g/mol. The molecule has 3 aromatic rings. The Morgan fingerprint density at radius 3 is 2.45 bits per heavy atom. The number of hydrogen-bond donors (Lipinski definition) is 2. The highest BCUT2D eigenvalue weighted by Crippen LogP contribution is 2.27. The number of hydrogen-bond acceptors (Lipinski definition) is 6. The number of carbonyl (C=O) groups is 2. The number of ether oxygens (including phenoxy) is 3. The summed E-state index contributed by atoms with van der Waals surface area (Å²) in [5, 5.41) is 5.48. The van der Waals surface area contributed by atoms with Gasteiger partial charge in [-0.3, -0.25) is 9.59 Å². The van der Waals surface area contributed by atoms with E-state index in [4.69, 9.17) is 18.6 Å². The number of para-hydroxylation sites is 1. The molecule has 8 heteroatoms. The Kier molecular flexibility index (Phi) is 8.13. The molecule has 2 aromatic carbocycles. The zero-order valence-electron chi connectivity index (χ0n) is 18.7. The van der Waals surface area contributed by atoms with Gasteiger partial charge in [0, 0.05) is 23.7 Å². The van der Waals surface area contributed by atoms with E-state index in [1.54, 1.807) is 24.3 Å². The molecule has 0 unspecified atom stereocenters. The van der Waals surface area contributed by atoms with Gasteiger partial charge < -0.3 is 29.3 Å². The topological polar surface area (TPSA) is 99.0 Å². The molecule has 1 heterocycles. The van der Waals surface area contributed by atoms with Crippen molar-refractivity contribution in [1.29, 1.82) is 0 Å². The fourth-order valence-corrected chi connectivity index (χ4v) is 3.06. The highest BCUT2D eigenvalue weighted by Gasteiger charge is 2.17. The number of benzene rings is 2. The first-order valence-electron chi connectivity index (χ1n) is 10.3. The van der Waals surface area contributed by atoms with Crippen molar-refractivity contribution in [2.45, 2.75) is 13.5 Å². The van der Waals surface area contributed by atoms with Crippen molar-refractivity contribution in [3.05, 3.63) is 83.4 Å².